The molecule has 0 spiro atoms. The smallest absolute Gasteiger partial charge is 0.271 e. The maximum Gasteiger partial charge on any atom is 0.271 e. The number of benzene rings is 2. The minimum Gasteiger partial charge on any atom is -0.497 e. The van der Waals surface area contributed by atoms with Crippen LogP contribution < -0.4 is 14.9 Å². The molecule has 1 amide bonds. The number of nitrogens with zero attached hydrogens (tertiary/aromatic N) is 1. The van der Waals surface area contributed by atoms with Gasteiger partial charge in [-0.2, -0.15) is 5.10 Å². The standard InChI is InChI=1S/C25H34N2O3/c1-3-4-5-6-7-8-9-10-19-30-24-17-13-22(14-18-24)25(28)27-26-20-21-11-15-23(29-2)16-12-21/h11-18,20H,3-10,19H2,1-2H3,(H,27,28). The summed E-state index contributed by atoms with van der Waals surface area (Å²) in [7, 11) is 1.62. The Morgan fingerprint density at radius 2 is 1.47 bits per heavy atom. The molecule has 0 atom stereocenters. The van der Waals surface area contributed by atoms with Gasteiger partial charge in [0.25, 0.3) is 5.91 Å². The maximum atomic E-state index is 12.2. The van der Waals surface area contributed by atoms with Crippen LogP contribution in [0.2, 0.25) is 0 Å². The average molecular weight is 411 g/mol. The Hall–Kier alpha value is -2.82. The fourth-order valence-electron chi connectivity index (χ4n) is 3.05. The second-order valence-electron chi connectivity index (χ2n) is 7.32. The molecule has 2 aromatic rings. The third kappa shape index (κ3) is 9.12. The van der Waals surface area contributed by atoms with E-state index in [1.54, 1.807) is 25.5 Å². The Balaban J connectivity index is 1.64. The fourth-order valence-corrected chi connectivity index (χ4v) is 3.05. The number of ether oxygens (including phenoxy) is 2. The zero-order chi connectivity index (χ0) is 21.4. The summed E-state index contributed by atoms with van der Waals surface area (Å²) in [5.41, 5.74) is 3.96. The number of amides is 1. The van der Waals surface area contributed by atoms with E-state index in [0.717, 1.165) is 23.5 Å². The summed E-state index contributed by atoms with van der Waals surface area (Å²) >= 11 is 0. The van der Waals surface area contributed by atoms with Crippen LogP contribution in [0.1, 0.15) is 74.2 Å². The van der Waals surface area contributed by atoms with Gasteiger partial charge in [0.1, 0.15) is 11.5 Å². The number of rotatable bonds is 14. The second kappa shape index (κ2) is 14.2. The van der Waals surface area contributed by atoms with Gasteiger partial charge in [-0.25, -0.2) is 5.43 Å². The van der Waals surface area contributed by atoms with E-state index in [-0.39, 0.29) is 5.91 Å². The summed E-state index contributed by atoms with van der Waals surface area (Å²) < 4.78 is 10.9. The minimum absolute atomic E-state index is 0.255. The zero-order valence-electron chi connectivity index (χ0n) is 18.2. The van der Waals surface area contributed by atoms with Crippen LogP contribution in [0, 0.1) is 0 Å². The van der Waals surface area contributed by atoms with Gasteiger partial charge in [-0.1, -0.05) is 51.9 Å². The number of hydrogen-bond donors (Lipinski definition) is 1. The van der Waals surface area contributed by atoms with E-state index >= 15 is 0 Å². The number of hydrogen-bond acceptors (Lipinski definition) is 4. The molecule has 0 aliphatic heterocycles. The highest BCUT2D eigenvalue weighted by Crippen LogP contribution is 2.14. The van der Waals surface area contributed by atoms with Gasteiger partial charge in [-0.3, -0.25) is 4.79 Å². The first-order chi connectivity index (χ1) is 14.7. The topological polar surface area (TPSA) is 59.9 Å². The molecule has 0 heterocycles. The molecule has 0 bridgehead atoms. The molecule has 0 aliphatic rings. The highest BCUT2D eigenvalue weighted by Gasteiger charge is 2.04. The van der Waals surface area contributed by atoms with Crippen molar-refractivity contribution in [1.29, 1.82) is 0 Å². The highest BCUT2D eigenvalue weighted by atomic mass is 16.5. The molecular formula is C25H34N2O3. The van der Waals surface area contributed by atoms with Gasteiger partial charge in [-0.05, 0) is 60.5 Å². The van der Waals surface area contributed by atoms with Crippen molar-refractivity contribution in [3.05, 3.63) is 59.7 Å². The number of carbonyl (C=O) groups excluding carboxylic acids is 1. The maximum absolute atomic E-state index is 12.2. The number of carbonyl (C=O) groups is 1. The van der Waals surface area contributed by atoms with E-state index in [4.69, 9.17) is 9.47 Å². The van der Waals surface area contributed by atoms with E-state index in [9.17, 15) is 4.79 Å². The van der Waals surface area contributed by atoms with Crippen molar-refractivity contribution in [3.8, 4) is 11.5 Å². The molecule has 5 heteroatoms. The molecule has 2 aromatic carbocycles. The van der Waals surface area contributed by atoms with Crippen LogP contribution in [0.5, 0.6) is 11.5 Å². The molecule has 162 valence electrons. The number of nitrogens with one attached hydrogen (secondary N) is 1. The monoisotopic (exact) mass is 410 g/mol. The molecule has 30 heavy (non-hydrogen) atoms. The van der Waals surface area contributed by atoms with Crippen LogP contribution in [-0.2, 0) is 0 Å². The predicted octanol–water partition coefficient (Wildman–Crippen LogP) is 5.98. The molecule has 0 aliphatic carbocycles. The van der Waals surface area contributed by atoms with Gasteiger partial charge >= 0.3 is 0 Å². The summed E-state index contributed by atoms with van der Waals surface area (Å²) in [4.78, 5) is 12.2. The SMILES string of the molecule is CCCCCCCCCCOc1ccc(C(=O)NN=Cc2ccc(OC)cc2)cc1. The van der Waals surface area contributed by atoms with Crippen LogP contribution >= 0.6 is 0 Å². The molecule has 1 N–H and O–H groups in total. The van der Waals surface area contributed by atoms with Gasteiger partial charge in [0, 0.05) is 5.56 Å². The first kappa shape index (κ1) is 23.5. The molecule has 0 fully saturated rings. The van der Waals surface area contributed by atoms with Crippen molar-refractivity contribution < 1.29 is 14.3 Å². The Labute approximate surface area is 180 Å². The number of methoxy groups -OCH3 is 1. The quantitative estimate of drug-likeness (QED) is 0.237. The summed E-state index contributed by atoms with van der Waals surface area (Å²) in [5, 5.41) is 4.00. The molecule has 0 radical (unpaired) electrons. The summed E-state index contributed by atoms with van der Waals surface area (Å²) in [5.74, 6) is 1.31. The average Bonchev–Trinajstić information content (AvgIpc) is 2.79. The van der Waals surface area contributed by atoms with Crippen molar-refractivity contribution in [3.63, 3.8) is 0 Å². The molecule has 0 unspecified atom stereocenters. The first-order valence-electron chi connectivity index (χ1n) is 10.9. The third-order valence-electron chi connectivity index (χ3n) is 4.88. The van der Waals surface area contributed by atoms with Crippen molar-refractivity contribution in [2.24, 2.45) is 5.10 Å². The van der Waals surface area contributed by atoms with Crippen LogP contribution in [0.25, 0.3) is 0 Å². The van der Waals surface area contributed by atoms with Gasteiger partial charge in [0.05, 0.1) is 19.9 Å². The van der Waals surface area contributed by atoms with E-state index < -0.39 is 0 Å². The lowest BCUT2D eigenvalue weighted by Crippen LogP contribution is -2.17. The summed E-state index contributed by atoms with van der Waals surface area (Å²) in [6, 6.07) is 14.6. The predicted molar refractivity (Wildman–Crippen MR) is 123 cm³/mol. The lowest BCUT2D eigenvalue weighted by Gasteiger charge is -2.07. The lowest BCUT2D eigenvalue weighted by atomic mass is 10.1. The Morgan fingerprint density at radius 3 is 2.10 bits per heavy atom. The van der Waals surface area contributed by atoms with Gasteiger partial charge in [0.2, 0.25) is 0 Å². The van der Waals surface area contributed by atoms with Crippen molar-refractivity contribution in [2.75, 3.05) is 13.7 Å². The molecule has 0 aromatic heterocycles. The number of unbranched alkanes of at least 4 members (excludes halogenated alkanes) is 7. The molecule has 2 rings (SSSR count). The van der Waals surface area contributed by atoms with E-state index in [1.807, 2.05) is 36.4 Å². The number of hydrazone groups is 1. The summed E-state index contributed by atoms with van der Waals surface area (Å²) in [6.07, 6.45) is 11.8. The molecule has 0 saturated heterocycles. The normalized spacial score (nSPS) is 10.9. The van der Waals surface area contributed by atoms with Gasteiger partial charge < -0.3 is 9.47 Å². The minimum atomic E-state index is -0.255. The van der Waals surface area contributed by atoms with Crippen molar-refractivity contribution in [1.82, 2.24) is 5.43 Å². The molecule has 5 nitrogen and oxygen atoms in total. The molecule has 0 saturated carbocycles. The Kier molecular flexibility index (Phi) is 11.1. The van der Waals surface area contributed by atoms with E-state index in [1.165, 1.54) is 44.9 Å². The van der Waals surface area contributed by atoms with Gasteiger partial charge in [0.15, 0.2) is 0 Å². The fraction of sp³-hybridized carbons (Fsp3) is 0.440. The second-order valence-corrected chi connectivity index (χ2v) is 7.32. The van der Waals surface area contributed by atoms with E-state index in [2.05, 4.69) is 17.5 Å². The largest absolute Gasteiger partial charge is 0.497 e. The van der Waals surface area contributed by atoms with Crippen molar-refractivity contribution in [2.45, 2.75) is 58.3 Å². The third-order valence-corrected chi connectivity index (χ3v) is 4.88. The Morgan fingerprint density at radius 1 is 0.867 bits per heavy atom. The van der Waals surface area contributed by atoms with Crippen LogP contribution in [0.15, 0.2) is 53.6 Å². The van der Waals surface area contributed by atoms with Crippen LogP contribution in [0.4, 0.5) is 0 Å². The van der Waals surface area contributed by atoms with Crippen LogP contribution in [0.3, 0.4) is 0 Å². The van der Waals surface area contributed by atoms with Crippen molar-refractivity contribution >= 4 is 12.1 Å². The first-order valence-corrected chi connectivity index (χ1v) is 10.9. The van der Waals surface area contributed by atoms with Gasteiger partial charge in [-0.15, -0.1) is 0 Å². The highest BCUT2D eigenvalue weighted by molar-refractivity contribution is 5.95. The lowest BCUT2D eigenvalue weighted by molar-refractivity contribution is 0.0955. The molecular weight excluding hydrogens is 376 g/mol. The Bertz CT molecular complexity index is 755. The summed E-state index contributed by atoms with van der Waals surface area (Å²) in [6.45, 7) is 2.96. The zero-order valence-corrected chi connectivity index (χ0v) is 18.2. The van der Waals surface area contributed by atoms with Crippen LogP contribution in [-0.4, -0.2) is 25.8 Å². The van der Waals surface area contributed by atoms with E-state index in [0.29, 0.717) is 12.2 Å².